The Kier molecular flexibility index (Phi) is 6.17. The van der Waals surface area contributed by atoms with Crippen molar-refractivity contribution >= 4 is 35.1 Å². The second-order valence-electron chi connectivity index (χ2n) is 7.56. The molecule has 0 fully saturated rings. The zero-order valence-electron chi connectivity index (χ0n) is 17.9. The highest BCUT2D eigenvalue weighted by molar-refractivity contribution is 6.35. The molecule has 0 unspecified atom stereocenters. The van der Waals surface area contributed by atoms with Gasteiger partial charge in [0.25, 0.3) is 0 Å². The van der Waals surface area contributed by atoms with E-state index >= 15 is 0 Å². The Labute approximate surface area is 206 Å². The second-order valence-corrected chi connectivity index (χ2v) is 8.41. The first-order valence-electron chi connectivity index (χ1n) is 10.6. The van der Waals surface area contributed by atoms with E-state index in [1.165, 1.54) is 6.08 Å². The number of allylic oxidation sites excluding steroid dienone is 1. The summed E-state index contributed by atoms with van der Waals surface area (Å²) in [6, 6.07) is 28.1. The lowest BCUT2D eigenvalue weighted by Crippen LogP contribution is -1.93. The summed E-state index contributed by atoms with van der Waals surface area (Å²) < 4.78 is 7.58. The third-order valence-electron chi connectivity index (χ3n) is 5.27. The highest BCUT2D eigenvalue weighted by atomic mass is 35.5. The molecule has 0 radical (unpaired) electrons. The maximum absolute atomic E-state index is 12.9. The van der Waals surface area contributed by atoms with Crippen LogP contribution in [0.3, 0.4) is 0 Å². The third-order valence-corrected chi connectivity index (χ3v) is 5.83. The van der Waals surface area contributed by atoms with Gasteiger partial charge in [-0.05, 0) is 54.6 Å². The monoisotopic (exact) mass is 484 g/mol. The van der Waals surface area contributed by atoms with Crippen molar-refractivity contribution in [3.8, 4) is 28.3 Å². The maximum atomic E-state index is 12.9. The minimum absolute atomic E-state index is 0.207. The van der Waals surface area contributed by atoms with Crippen molar-refractivity contribution in [1.82, 2.24) is 9.78 Å². The predicted octanol–water partition coefficient (Wildman–Crippen LogP) is 8.00. The molecule has 0 aliphatic rings. The second kappa shape index (κ2) is 9.56. The van der Waals surface area contributed by atoms with E-state index in [9.17, 15) is 4.79 Å². The highest BCUT2D eigenvalue weighted by Crippen LogP contribution is 2.32. The topological polar surface area (TPSA) is 48.0 Å². The van der Waals surface area contributed by atoms with E-state index in [2.05, 4.69) is 0 Å². The first-order chi connectivity index (χ1) is 16.6. The minimum atomic E-state index is -0.268. The molecule has 3 aromatic carbocycles. The first-order valence-corrected chi connectivity index (χ1v) is 11.3. The van der Waals surface area contributed by atoms with Crippen LogP contribution in [-0.2, 0) is 0 Å². The zero-order chi connectivity index (χ0) is 23.5. The SMILES string of the molecule is O=C(C=Cc1cn(-c2ccccc2)nc1-c1ccccc1)c1ccc(-c2cc(Cl)ccc2Cl)o1. The number of aromatic nitrogens is 2. The average Bonchev–Trinajstić information content (AvgIpc) is 3.53. The highest BCUT2D eigenvalue weighted by Gasteiger charge is 2.14. The summed E-state index contributed by atoms with van der Waals surface area (Å²) in [5.74, 6) is 0.418. The number of ketones is 1. The van der Waals surface area contributed by atoms with E-state index in [1.807, 2.05) is 66.9 Å². The van der Waals surface area contributed by atoms with Gasteiger partial charge in [0.05, 0.1) is 16.4 Å². The number of carbonyl (C=O) groups is 1. The van der Waals surface area contributed by atoms with Crippen molar-refractivity contribution in [3.63, 3.8) is 0 Å². The number of rotatable bonds is 6. The van der Waals surface area contributed by atoms with Crippen LogP contribution in [-0.4, -0.2) is 15.6 Å². The molecule has 0 bridgehead atoms. The van der Waals surface area contributed by atoms with E-state index in [4.69, 9.17) is 32.7 Å². The Morgan fingerprint density at radius 1 is 0.882 bits per heavy atom. The van der Waals surface area contributed by atoms with Gasteiger partial charge in [0.1, 0.15) is 5.76 Å². The van der Waals surface area contributed by atoms with Gasteiger partial charge in [-0.15, -0.1) is 0 Å². The van der Waals surface area contributed by atoms with Gasteiger partial charge in [-0.25, -0.2) is 4.68 Å². The molecule has 0 saturated carbocycles. The molecule has 166 valence electrons. The van der Waals surface area contributed by atoms with Crippen LogP contribution in [0.1, 0.15) is 16.1 Å². The van der Waals surface area contributed by atoms with Gasteiger partial charge < -0.3 is 4.42 Å². The van der Waals surface area contributed by atoms with Crippen LogP contribution in [0.25, 0.3) is 34.3 Å². The number of hydrogen-bond acceptors (Lipinski definition) is 3. The molecular formula is C28H18Cl2N2O2. The van der Waals surface area contributed by atoms with Crippen LogP contribution in [0.15, 0.2) is 108 Å². The Morgan fingerprint density at radius 2 is 1.62 bits per heavy atom. The zero-order valence-corrected chi connectivity index (χ0v) is 19.4. The van der Waals surface area contributed by atoms with Crippen molar-refractivity contribution in [2.24, 2.45) is 0 Å². The molecule has 5 aromatic rings. The van der Waals surface area contributed by atoms with E-state index in [0.29, 0.717) is 21.4 Å². The normalized spacial score (nSPS) is 11.2. The van der Waals surface area contributed by atoms with E-state index < -0.39 is 0 Å². The molecule has 0 aliphatic heterocycles. The Morgan fingerprint density at radius 3 is 2.38 bits per heavy atom. The molecular weight excluding hydrogens is 467 g/mol. The fourth-order valence-electron chi connectivity index (χ4n) is 3.59. The summed E-state index contributed by atoms with van der Waals surface area (Å²) >= 11 is 12.3. The van der Waals surface area contributed by atoms with Crippen LogP contribution in [0.5, 0.6) is 0 Å². The lowest BCUT2D eigenvalue weighted by Gasteiger charge is -2.01. The van der Waals surface area contributed by atoms with Crippen LogP contribution in [0, 0.1) is 0 Å². The van der Waals surface area contributed by atoms with Gasteiger partial charge in [0.15, 0.2) is 5.76 Å². The predicted molar refractivity (Wildman–Crippen MR) is 137 cm³/mol. The molecule has 6 heteroatoms. The fraction of sp³-hybridized carbons (Fsp3) is 0. The number of furan rings is 1. The van der Waals surface area contributed by atoms with Crippen molar-refractivity contribution in [1.29, 1.82) is 0 Å². The molecule has 0 amide bonds. The van der Waals surface area contributed by atoms with Crippen LogP contribution < -0.4 is 0 Å². The molecule has 4 nitrogen and oxygen atoms in total. The van der Waals surface area contributed by atoms with Crippen molar-refractivity contribution < 1.29 is 9.21 Å². The smallest absolute Gasteiger partial charge is 0.221 e. The average molecular weight is 485 g/mol. The Hall–Kier alpha value is -3.86. The van der Waals surface area contributed by atoms with Crippen molar-refractivity contribution in [2.75, 3.05) is 0 Å². The lowest BCUT2D eigenvalue weighted by atomic mass is 10.1. The summed E-state index contributed by atoms with van der Waals surface area (Å²) in [7, 11) is 0. The van der Waals surface area contributed by atoms with Gasteiger partial charge >= 0.3 is 0 Å². The molecule has 0 atom stereocenters. The number of hydrogen-bond donors (Lipinski definition) is 0. The quantitative estimate of drug-likeness (QED) is 0.181. The summed E-state index contributed by atoms with van der Waals surface area (Å²) in [6.07, 6.45) is 5.15. The summed E-state index contributed by atoms with van der Waals surface area (Å²) in [4.78, 5) is 12.9. The summed E-state index contributed by atoms with van der Waals surface area (Å²) in [5, 5.41) is 5.80. The summed E-state index contributed by atoms with van der Waals surface area (Å²) in [5.41, 5.74) is 4.11. The fourth-order valence-corrected chi connectivity index (χ4v) is 3.97. The molecule has 0 N–H and O–H groups in total. The maximum Gasteiger partial charge on any atom is 0.221 e. The molecule has 0 spiro atoms. The van der Waals surface area contributed by atoms with Crippen LogP contribution >= 0.6 is 23.2 Å². The van der Waals surface area contributed by atoms with E-state index in [0.717, 1.165) is 22.5 Å². The van der Waals surface area contributed by atoms with E-state index in [-0.39, 0.29) is 11.5 Å². The molecule has 5 rings (SSSR count). The van der Waals surface area contributed by atoms with Crippen LogP contribution in [0.4, 0.5) is 0 Å². The summed E-state index contributed by atoms with van der Waals surface area (Å²) in [6.45, 7) is 0. The number of halogens is 2. The van der Waals surface area contributed by atoms with Gasteiger partial charge in [-0.2, -0.15) is 5.10 Å². The van der Waals surface area contributed by atoms with Crippen LogP contribution in [0.2, 0.25) is 10.0 Å². The minimum Gasteiger partial charge on any atom is -0.453 e. The Balaban J connectivity index is 1.46. The number of para-hydroxylation sites is 1. The first kappa shape index (κ1) is 22.0. The molecule has 2 heterocycles. The molecule has 2 aromatic heterocycles. The Bertz CT molecular complexity index is 1490. The van der Waals surface area contributed by atoms with Gasteiger partial charge in [0, 0.05) is 27.9 Å². The largest absolute Gasteiger partial charge is 0.453 e. The standard InChI is InChI=1S/C28H18Cl2N2O2/c29-21-12-13-24(30)23(17-21)26-15-16-27(34-26)25(33)14-11-20-18-32(22-9-5-2-6-10-22)31-28(20)19-7-3-1-4-8-19/h1-18H. The van der Waals surface area contributed by atoms with E-state index in [1.54, 1.807) is 41.1 Å². The number of nitrogens with zero attached hydrogens (tertiary/aromatic N) is 2. The lowest BCUT2D eigenvalue weighted by molar-refractivity contribution is 0.102. The number of benzene rings is 3. The molecule has 0 saturated heterocycles. The number of carbonyl (C=O) groups excluding carboxylic acids is 1. The van der Waals surface area contributed by atoms with Gasteiger partial charge in [-0.1, -0.05) is 71.7 Å². The third kappa shape index (κ3) is 4.60. The molecule has 0 aliphatic carbocycles. The van der Waals surface area contributed by atoms with Gasteiger partial charge in [0.2, 0.25) is 5.78 Å². The van der Waals surface area contributed by atoms with Crippen molar-refractivity contribution in [3.05, 3.63) is 125 Å². The molecule has 34 heavy (non-hydrogen) atoms. The van der Waals surface area contributed by atoms with Crippen molar-refractivity contribution in [2.45, 2.75) is 0 Å². The van der Waals surface area contributed by atoms with Gasteiger partial charge in [-0.3, -0.25) is 4.79 Å².